The maximum Gasteiger partial charge on any atom is 0.249 e. The van der Waals surface area contributed by atoms with Crippen LogP contribution in [0, 0.1) is 0 Å². The summed E-state index contributed by atoms with van der Waals surface area (Å²) in [6.07, 6.45) is 5.75. The molecule has 4 heterocycles. The predicted octanol–water partition coefficient (Wildman–Crippen LogP) is 5.91. The molecule has 1 aromatic heterocycles. The Labute approximate surface area is 264 Å². The molecule has 0 saturated carbocycles. The lowest BCUT2D eigenvalue weighted by Crippen LogP contribution is -2.40. The minimum atomic E-state index is -0.136. The van der Waals surface area contributed by atoms with Crippen molar-refractivity contribution in [1.29, 1.82) is 0 Å². The van der Waals surface area contributed by atoms with Gasteiger partial charge in [-0.2, -0.15) is 0 Å². The summed E-state index contributed by atoms with van der Waals surface area (Å²) in [5, 5.41) is 3.81. The number of hydrogen-bond acceptors (Lipinski definition) is 7. The summed E-state index contributed by atoms with van der Waals surface area (Å²) in [5.41, 5.74) is 8.03. The Morgan fingerprint density at radius 3 is 2.62 bits per heavy atom. The van der Waals surface area contributed by atoms with Crippen LogP contribution in [-0.4, -0.2) is 62.4 Å². The first-order valence-corrected chi connectivity index (χ1v) is 16.1. The maximum atomic E-state index is 11.9. The van der Waals surface area contributed by atoms with Crippen molar-refractivity contribution in [3.8, 4) is 11.5 Å². The van der Waals surface area contributed by atoms with E-state index in [4.69, 9.17) is 14.2 Å². The van der Waals surface area contributed by atoms with Crippen molar-refractivity contribution in [2.75, 3.05) is 56.7 Å². The molecule has 2 N–H and O–H groups in total. The van der Waals surface area contributed by atoms with E-state index >= 15 is 0 Å². The minimum Gasteiger partial charge on any atom is -0.456 e. The molecule has 0 radical (unpaired) electrons. The first-order valence-electron chi connectivity index (χ1n) is 16.1. The van der Waals surface area contributed by atoms with E-state index in [1.54, 1.807) is 19.4 Å². The summed E-state index contributed by atoms with van der Waals surface area (Å²) in [7, 11) is 1.74. The van der Waals surface area contributed by atoms with Gasteiger partial charge in [0, 0.05) is 87.1 Å². The van der Waals surface area contributed by atoms with Crippen LogP contribution in [0.25, 0.3) is 0 Å². The summed E-state index contributed by atoms with van der Waals surface area (Å²) in [4.78, 5) is 19.4. The Hall–Kier alpha value is -4.11. The van der Waals surface area contributed by atoms with Crippen LogP contribution in [0.2, 0.25) is 0 Å². The molecule has 0 amide bonds. The van der Waals surface area contributed by atoms with E-state index in [2.05, 4.69) is 80.8 Å². The molecule has 0 aliphatic carbocycles. The van der Waals surface area contributed by atoms with E-state index in [0.29, 0.717) is 25.8 Å². The fourth-order valence-electron chi connectivity index (χ4n) is 6.84. The zero-order chi connectivity index (χ0) is 30.6. The molecule has 234 valence electrons. The molecular formula is C37H42N4O4. The third kappa shape index (κ3) is 6.93. The monoisotopic (exact) mass is 606 g/mol. The number of aromatic amines is 1. The molecule has 1 atom stereocenters. The number of hydrogen-bond donors (Lipinski definition) is 2. The van der Waals surface area contributed by atoms with Crippen LogP contribution in [0.4, 0.5) is 11.4 Å². The van der Waals surface area contributed by atoms with Crippen molar-refractivity contribution in [2.24, 2.45) is 0 Å². The summed E-state index contributed by atoms with van der Waals surface area (Å²) in [5.74, 6) is 1.81. The standard InChI is InChI=1S/C37H42N4O4/c1-43-25-27-7-5-26(6-8-27)12-16-40-17-13-30(14-18-40)39-31-9-10-34-29(22-31)21-28-3-2-4-33(37(28)45-34)35-24-41(19-20-44-35)32-11-15-38-36(42)23-32/h2-11,15,22-23,30,35,39H,12-14,16-21,24-25H2,1H3,(H,38,42). The van der Waals surface area contributed by atoms with Gasteiger partial charge in [-0.25, -0.2) is 0 Å². The number of nitrogens with one attached hydrogen (secondary N) is 2. The molecule has 2 saturated heterocycles. The highest BCUT2D eigenvalue weighted by Crippen LogP contribution is 2.43. The van der Waals surface area contributed by atoms with Gasteiger partial charge in [0.2, 0.25) is 5.56 Å². The highest BCUT2D eigenvalue weighted by Gasteiger charge is 2.29. The van der Waals surface area contributed by atoms with E-state index in [1.807, 2.05) is 6.07 Å². The normalized spacial score (nSPS) is 18.6. The lowest BCUT2D eigenvalue weighted by Gasteiger charge is -2.36. The van der Waals surface area contributed by atoms with E-state index in [-0.39, 0.29) is 11.7 Å². The van der Waals surface area contributed by atoms with Crippen LogP contribution in [0.5, 0.6) is 11.5 Å². The number of fused-ring (bicyclic) bond motifs is 2. The van der Waals surface area contributed by atoms with Crippen molar-refractivity contribution >= 4 is 11.4 Å². The number of rotatable bonds is 9. The maximum absolute atomic E-state index is 11.9. The third-order valence-corrected chi connectivity index (χ3v) is 9.33. The zero-order valence-corrected chi connectivity index (χ0v) is 26.0. The van der Waals surface area contributed by atoms with E-state index in [0.717, 1.165) is 80.3 Å². The average molecular weight is 607 g/mol. The van der Waals surface area contributed by atoms with Gasteiger partial charge in [-0.15, -0.1) is 0 Å². The van der Waals surface area contributed by atoms with Gasteiger partial charge in [-0.05, 0) is 60.2 Å². The number of morpholine rings is 1. The fourth-order valence-corrected chi connectivity index (χ4v) is 6.84. The number of pyridine rings is 1. The minimum absolute atomic E-state index is 0.0942. The second-order valence-electron chi connectivity index (χ2n) is 12.4. The summed E-state index contributed by atoms with van der Waals surface area (Å²) in [6.45, 7) is 6.01. The van der Waals surface area contributed by atoms with E-state index in [1.165, 1.54) is 22.3 Å². The molecule has 0 bridgehead atoms. The second kappa shape index (κ2) is 13.5. The van der Waals surface area contributed by atoms with Gasteiger partial charge < -0.3 is 34.3 Å². The molecule has 3 aliphatic rings. The smallest absolute Gasteiger partial charge is 0.249 e. The van der Waals surface area contributed by atoms with Crippen LogP contribution in [-0.2, 0) is 28.9 Å². The summed E-state index contributed by atoms with van der Waals surface area (Å²) >= 11 is 0. The quantitative estimate of drug-likeness (QED) is 0.216. The number of piperidine rings is 1. The molecule has 7 rings (SSSR count). The van der Waals surface area contributed by atoms with Gasteiger partial charge in [0.05, 0.1) is 13.2 Å². The molecule has 8 heteroatoms. The summed E-state index contributed by atoms with van der Waals surface area (Å²) < 4.78 is 18.0. The van der Waals surface area contributed by atoms with Gasteiger partial charge in [0.15, 0.2) is 0 Å². The topological polar surface area (TPSA) is 79.1 Å². The first-order chi connectivity index (χ1) is 22.1. The van der Waals surface area contributed by atoms with Gasteiger partial charge in [-0.1, -0.05) is 42.5 Å². The van der Waals surface area contributed by atoms with E-state index < -0.39 is 0 Å². The lowest BCUT2D eigenvalue weighted by atomic mass is 9.95. The zero-order valence-electron chi connectivity index (χ0n) is 26.0. The largest absolute Gasteiger partial charge is 0.456 e. The summed E-state index contributed by atoms with van der Waals surface area (Å²) in [6, 6.07) is 25.8. The van der Waals surface area contributed by atoms with Crippen molar-refractivity contribution in [3.05, 3.63) is 117 Å². The Balaban J connectivity index is 0.945. The van der Waals surface area contributed by atoms with Crippen LogP contribution in [0.1, 0.15) is 46.8 Å². The number of aromatic nitrogens is 1. The highest BCUT2D eigenvalue weighted by molar-refractivity contribution is 5.59. The van der Waals surface area contributed by atoms with Gasteiger partial charge in [0.1, 0.15) is 17.6 Å². The molecule has 3 aromatic carbocycles. The van der Waals surface area contributed by atoms with Crippen LogP contribution in [0.15, 0.2) is 83.8 Å². The molecule has 4 aromatic rings. The molecule has 3 aliphatic heterocycles. The molecule has 2 fully saturated rings. The predicted molar refractivity (Wildman–Crippen MR) is 178 cm³/mol. The number of para-hydroxylation sites is 1. The number of likely N-dealkylation sites (tertiary alicyclic amines) is 1. The third-order valence-electron chi connectivity index (χ3n) is 9.33. The Bertz CT molecular complexity index is 1660. The van der Waals surface area contributed by atoms with Crippen LogP contribution >= 0.6 is 0 Å². The molecule has 45 heavy (non-hydrogen) atoms. The second-order valence-corrected chi connectivity index (χ2v) is 12.4. The van der Waals surface area contributed by atoms with Gasteiger partial charge >= 0.3 is 0 Å². The lowest BCUT2D eigenvalue weighted by molar-refractivity contribution is 0.0384. The van der Waals surface area contributed by atoms with E-state index in [9.17, 15) is 4.79 Å². The van der Waals surface area contributed by atoms with Crippen molar-refractivity contribution < 1.29 is 14.2 Å². The number of methoxy groups -OCH3 is 1. The van der Waals surface area contributed by atoms with Crippen molar-refractivity contribution in [1.82, 2.24) is 9.88 Å². The molecule has 0 spiro atoms. The number of anilines is 2. The number of H-pyrrole nitrogens is 1. The van der Waals surface area contributed by atoms with Gasteiger partial charge in [0.25, 0.3) is 0 Å². The number of benzene rings is 3. The van der Waals surface area contributed by atoms with Gasteiger partial charge in [-0.3, -0.25) is 4.79 Å². The van der Waals surface area contributed by atoms with Crippen LogP contribution in [0.3, 0.4) is 0 Å². The average Bonchev–Trinajstić information content (AvgIpc) is 3.07. The Kier molecular flexibility index (Phi) is 8.87. The molecule has 1 unspecified atom stereocenters. The Morgan fingerprint density at radius 2 is 1.80 bits per heavy atom. The highest BCUT2D eigenvalue weighted by atomic mass is 16.5. The SMILES string of the molecule is COCc1ccc(CCN2CCC(Nc3ccc4c(c3)Cc3cccc(C5CN(c6cc[nH]c(=O)c6)CCO5)c3O4)CC2)cc1. The van der Waals surface area contributed by atoms with Crippen LogP contribution < -0.4 is 20.5 Å². The molecular weight excluding hydrogens is 564 g/mol. The first kappa shape index (κ1) is 29.6. The Morgan fingerprint density at radius 1 is 0.956 bits per heavy atom. The molecule has 8 nitrogen and oxygen atoms in total. The van der Waals surface area contributed by atoms with Crippen molar-refractivity contribution in [2.45, 2.75) is 44.4 Å². The number of nitrogens with zero attached hydrogens (tertiary/aromatic N) is 2. The van der Waals surface area contributed by atoms with Crippen molar-refractivity contribution in [3.63, 3.8) is 0 Å². The fraction of sp³-hybridized carbons (Fsp3) is 0.378. The number of ether oxygens (including phenoxy) is 3.